The molecule has 4 N–H and O–H groups in total. The van der Waals surface area contributed by atoms with E-state index in [0.29, 0.717) is 11.8 Å². The molecule has 1 atom stereocenters. The Labute approximate surface area is 171 Å². The maximum atomic E-state index is 11.4. The molecule has 2 aliphatic heterocycles. The van der Waals surface area contributed by atoms with E-state index in [1.807, 2.05) is 24.0 Å². The molecule has 1 aromatic heterocycles. The van der Waals surface area contributed by atoms with Gasteiger partial charge in [-0.05, 0) is 44.4 Å². The van der Waals surface area contributed by atoms with Crippen LogP contribution in [-0.2, 0) is 11.3 Å². The van der Waals surface area contributed by atoms with Gasteiger partial charge in [0.2, 0.25) is 5.91 Å². The number of guanidine groups is 1. The molecule has 0 aliphatic carbocycles. The standard InChI is InChI=1S/C20H32N6OS/c1-2-22-20(25-14-17-6-4-12-28-17)24-13-16-5-3-9-23-19(16)26-10-7-15(8-11-26)18(21)27/h3,5,9,15,17H,2,4,6-8,10-14H2,1H3,(H2,21,27)(H2,22,24,25). The largest absolute Gasteiger partial charge is 0.369 e. The quantitative estimate of drug-likeness (QED) is 0.473. The van der Waals surface area contributed by atoms with Gasteiger partial charge in [-0.25, -0.2) is 9.98 Å². The zero-order chi connectivity index (χ0) is 19.8. The number of aliphatic imine (C=N–C) groups is 1. The van der Waals surface area contributed by atoms with E-state index in [0.717, 1.165) is 56.4 Å². The van der Waals surface area contributed by atoms with Crippen molar-refractivity contribution in [3.05, 3.63) is 23.9 Å². The van der Waals surface area contributed by atoms with Gasteiger partial charge in [-0.2, -0.15) is 11.8 Å². The van der Waals surface area contributed by atoms with Gasteiger partial charge in [0.1, 0.15) is 5.82 Å². The average molecular weight is 405 g/mol. The molecule has 1 aromatic rings. The van der Waals surface area contributed by atoms with Gasteiger partial charge in [-0.1, -0.05) is 6.07 Å². The maximum absolute atomic E-state index is 11.4. The second-order valence-corrected chi connectivity index (χ2v) is 8.77. The van der Waals surface area contributed by atoms with Crippen LogP contribution in [0.5, 0.6) is 0 Å². The number of aromatic nitrogens is 1. The topological polar surface area (TPSA) is 95.6 Å². The van der Waals surface area contributed by atoms with Crippen molar-refractivity contribution in [2.75, 3.05) is 36.8 Å². The second kappa shape index (κ2) is 10.5. The molecule has 28 heavy (non-hydrogen) atoms. The summed E-state index contributed by atoms with van der Waals surface area (Å²) in [6, 6.07) is 4.04. The zero-order valence-corrected chi connectivity index (χ0v) is 17.5. The third-order valence-electron chi connectivity index (χ3n) is 5.34. The van der Waals surface area contributed by atoms with Crippen LogP contribution < -0.4 is 21.3 Å². The first-order valence-electron chi connectivity index (χ1n) is 10.3. The molecule has 1 amide bonds. The van der Waals surface area contributed by atoms with Crippen molar-refractivity contribution < 1.29 is 4.79 Å². The number of nitrogens with zero attached hydrogens (tertiary/aromatic N) is 3. The third-order valence-corrected chi connectivity index (χ3v) is 6.74. The van der Waals surface area contributed by atoms with Crippen molar-refractivity contribution in [1.29, 1.82) is 0 Å². The molecule has 0 saturated carbocycles. The summed E-state index contributed by atoms with van der Waals surface area (Å²) in [5.74, 6) is 2.89. The highest BCUT2D eigenvalue weighted by atomic mass is 32.2. The fourth-order valence-corrected chi connectivity index (χ4v) is 4.94. The predicted octanol–water partition coefficient (Wildman–Crippen LogP) is 1.73. The number of thioether (sulfide) groups is 1. The molecule has 2 fully saturated rings. The van der Waals surface area contributed by atoms with Gasteiger partial charge in [0, 0.05) is 49.1 Å². The summed E-state index contributed by atoms with van der Waals surface area (Å²) < 4.78 is 0. The zero-order valence-electron chi connectivity index (χ0n) is 16.7. The lowest BCUT2D eigenvalue weighted by atomic mass is 9.96. The Hall–Kier alpha value is -1.96. The summed E-state index contributed by atoms with van der Waals surface area (Å²) in [5, 5.41) is 7.51. The number of nitrogens with two attached hydrogens (primary N) is 1. The van der Waals surface area contributed by atoms with Gasteiger partial charge in [0.15, 0.2) is 5.96 Å². The summed E-state index contributed by atoms with van der Waals surface area (Å²) in [4.78, 5) is 23.1. The van der Waals surface area contributed by atoms with Crippen LogP contribution in [0.1, 0.15) is 38.2 Å². The summed E-state index contributed by atoms with van der Waals surface area (Å²) in [6.45, 7) is 6.06. The fourth-order valence-electron chi connectivity index (χ4n) is 3.74. The number of pyridine rings is 1. The van der Waals surface area contributed by atoms with E-state index < -0.39 is 0 Å². The van der Waals surface area contributed by atoms with E-state index in [1.165, 1.54) is 18.6 Å². The number of anilines is 1. The Kier molecular flexibility index (Phi) is 7.82. The molecule has 2 saturated heterocycles. The third kappa shape index (κ3) is 5.77. The Morgan fingerprint density at radius 1 is 1.36 bits per heavy atom. The van der Waals surface area contributed by atoms with E-state index in [4.69, 9.17) is 10.7 Å². The lowest BCUT2D eigenvalue weighted by molar-refractivity contribution is -0.122. The number of nitrogens with one attached hydrogen (secondary N) is 2. The van der Waals surface area contributed by atoms with Crippen molar-refractivity contribution in [2.24, 2.45) is 16.6 Å². The molecular formula is C20H32N6OS. The predicted molar refractivity (Wildman–Crippen MR) is 117 cm³/mol. The van der Waals surface area contributed by atoms with E-state index in [9.17, 15) is 4.79 Å². The van der Waals surface area contributed by atoms with Crippen LogP contribution in [-0.4, -0.2) is 54.0 Å². The summed E-state index contributed by atoms with van der Waals surface area (Å²) in [5.41, 5.74) is 6.56. The molecule has 0 spiro atoms. The maximum Gasteiger partial charge on any atom is 0.220 e. The van der Waals surface area contributed by atoms with Crippen molar-refractivity contribution in [1.82, 2.24) is 15.6 Å². The number of hydrogen-bond donors (Lipinski definition) is 3. The number of amides is 1. The first-order chi connectivity index (χ1) is 13.7. The van der Waals surface area contributed by atoms with Crippen LogP contribution in [0.2, 0.25) is 0 Å². The van der Waals surface area contributed by atoms with Gasteiger partial charge < -0.3 is 21.3 Å². The number of carbonyl (C=O) groups excluding carboxylic acids is 1. The highest BCUT2D eigenvalue weighted by Crippen LogP contribution is 2.26. The Morgan fingerprint density at radius 2 is 2.18 bits per heavy atom. The van der Waals surface area contributed by atoms with Crippen molar-refractivity contribution in [3.8, 4) is 0 Å². The molecule has 8 heteroatoms. The molecule has 3 heterocycles. The minimum atomic E-state index is -0.188. The van der Waals surface area contributed by atoms with Gasteiger partial charge >= 0.3 is 0 Å². The van der Waals surface area contributed by atoms with Crippen LogP contribution in [0, 0.1) is 5.92 Å². The Bertz CT molecular complexity index is 668. The van der Waals surface area contributed by atoms with Gasteiger partial charge in [0.05, 0.1) is 6.54 Å². The average Bonchev–Trinajstić information content (AvgIpc) is 3.24. The first kappa shape index (κ1) is 20.8. The van der Waals surface area contributed by atoms with E-state index in [2.05, 4.69) is 33.5 Å². The first-order valence-corrected chi connectivity index (χ1v) is 11.3. The fraction of sp³-hybridized carbons (Fsp3) is 0.650. The Balaban J connectivity index is 1.62. The molecule has 1 unspecified atom stereocenters. The van der Waals surface area contributed by atoms with Gasteiger partial charge in [-0.3, -0.25) is 4.79 Å². The number of hydrogen-bond acceptors (Lipinski definition) is 5. The molecule has 0 bridgehead atoms. The van der Waals surface area contributed by atoms with Crippen LogP contribution in [0.4, 0.5) is 5.82 Å². The number of carbonyl (C=O) groups is 1. The Morgan fingerprint density at radius 3 is 2.86 bits per heavy atom. The highest BCUT2D eigenvalue weighted by Gasteiger charge is 2.25. The monoisotopic (exact) mass is 404 g/mol. The van der Waals surface area contributed by atoms with Crippen molar-refractivity contribution >= 4 is 29.4 Å². The van der Waals surface area contributed by atoms with Crippen molar-refractivity contribution in [2.45, 2.75) is 44.4 Å². The van der Waals surface area contributed by atoms with Crippen LogP contribution >= 0.6 is 11.8 Å². The number of piperidine rings is 1. The number of rotatable bonds is 7. The van der Waals surface area contributed by atoms with Gasteiger partial charge in [-0.15, -0.1) is 0 Å². The second-order valence-electron chi connectivity index (χ2n) is 7.36. The minimum absolute atomic E-state index is 0.0144. The summed E-state index contributed by atoms with van der Waals surface area (Å²) in [6.07, 6.45) is 6.00. The molecule has 2 aliphatic rings. The molecule has 7 nitrogen and oxygen atoms in total. The van der Waals surface area contributed by atoms with E-state index in [1.54, 1.807) is 0 Å². The van der Waals surface area contributed by atoms with Crippen molar-refractivity contribution in [3.63, 3.8) is 0 Å². The molecule has 0 aromatic carbocycles. The molecule has 154 valence electrons. The lowest BCUT2D eigenvalue weighted by Crippen LogP contribution is -2.40. The van der Waals surface area contributed by atoms with Crippen LogP contribution in [0.25, 0.3) is 0 Å². The van der Waals surface area contributed by atoms with E-state index in [-0.39, 0.29) is 11.8 Å². The molecule has 0 radical (unpaired) electrons. The minimum Gasteiger partial charge on any atom is -0.369 e. The van der Waals surface area contributed by atoms with E-state index >= 15 is 0 Å². The van der Waals surface area contributed by atoms with Crippen LogP contribution in [0.3, 0.4) is 0 Å². The van der Waals surface area contributed by atoms with Crippen LogP contribution in [0.15, 0.2) is 23.3 Å². The molecule has 3 rings (SSSR count). The SMILES string of the molecule is CCNC(=NCc1cccnc1N1CCC(C(N)=O)CC1)NCC1CCCS1. The summed E-state index contributed by atoms with van der Waals surface area (Å²) >= 11 is 2.05. The highest BCUT2D eigenvalue weighted by molar-refractivity contribution is 8.00. The molecular weight excluding hydrogens is 372 g/mol. The smallest absolute Gasteiger partial charge is 0.220 e. The normalized spacial score (nSPS) is 21.0. The van der Waals surface area contributed by atoms with Gasteiger partial charge in [0.25, 0.3) is 0 Å². The number of primary amides is 1. The lowest BCUT2D eigenvalue weighted by Gasteiger charge is -2.32. The summed E-state index contributed by atoms with van der Waals surface area (Å²) in [7, 11) is 0.